The predicted octanol–water partition coefficient (Wildman–Crippen LogP) is 2.48. The number of anilines is 1. The first-order valence-corrected chi connectivity index (χ1v) is 11.1. The number of ether oxygens (including phenoxy) is 1. The first-order valence-electron chi connectivity index (χ1n) is 11.1. The lowest BCUT2D eigenvalue weighted by Gasteiger charge is -2.33. The second-order valence-electron chi connectivity index (χ2n) is 8.74. The average molecular weight is 411 g/mol. The van der Waals surface area contributed by atoms with Crippen LogP contribution >= 0.6 is 0 Å². The Kier molecular flexibility index (Phi) is 7.75. The Morgan fingerprint density at radius 1 is 1.03 bits per heavy atom. The van der Waals surface area contributed by atoms with E-state index in [0.29, 0.717) is 12.5 Å². The van der Waals surface area contributed by atoms with Crippen molar-refractivity contribution in [1.82, 2.24) is 5.32 Å². The summed E-state index contributed by atoms with van der Waals surface area (Å²) < 4.78 is 5.23. The molecule has 5 nitrogen and oxygen atoms in total. The molecule has 0 saturated carbocycles. The molecule has 30 heavy (non-hydrogen) atoms. The van der Waals surface area contributed by atoms with Crippen LogP contribution in [0.15, 0.2) is 48.5 Å². The van der Waals surface area contributed by atoms with Crippen molar-refractivity contribution in [3.8, 4) is 5.75 Å². The van der Waals surface area contributed by atoms with E-state index < -0.39 is 0 Å². The molecule has 0 aromatic heterocycles. The maximum atomic E-state index is 12.6. The number of amides is 1. The van der Waals surface area contributed by atoms with Crippen LogP contribution in [0.2, 0.25) is 0 Å². The van der Waals surface area contributed by atoms with E-state index in [1.54, 1.807) is 7.11 Å². The number of nitrogens with zero attached hydrogens (tertiary/aromatic N) is 1. The van der Waals surface area contributed by atoms with E-state index in [4.69, 9.17) is 4.74 Å². The number of rotatable bonds is 8. The Morgan fingerprint density at radius 2 is 1.67 bits per heavy atom. The number of quaternary nitrogens is 1. The zero-order chi connectivity index (χ0) is 21.5. The number of carbonyl (C=O) groups is 1. The topological polar surface area (TPSA) is 46.0 Å². The van der Waals surface area contributed by atoms with Crippen LogP contribution in [-0.2, 0) is 11.2 Å². The molecule has 3 rings (SSSR count). The van der Waals surface area contributed by atoms with Gasteiger partial charge in [0.1, 0.15) is 5.75 Å². The fraction of sp³-hybridized carbons (Fsp3) is 0.480. The summed E-state index contributed by atoms with van der Waals surface area (Å²) in [6.45, 7) is 10.9. The van der Waals surface area contributed by atoms with Crippen LogP contribution in [-0.4, -0.2) is 45.7 Å². The summed E-state index contributed by atoms with van der Waals surface area (Å²) in [4.78, 5) is 16.3. The first kappa shape index (κ1) is 22.2. The molecule has 2 N–H and O–H groups in total. The largest absolute Gasteiger partial charge is 0.497 e. The molecule has 0 bridgehead atoms. The SMILES string of the molecule is COc1ccc(N2CC[NH+](CC(=O)N[C@H](C)c3ccc(CC(C)C)cc3)CC2)cc1. The summed E-state index contributed by atoms with van der Waals surface area (Å²) in [5, 5.41) is 3.17. The van der Waals surface area contributed by atoms with Crippen molar-refractivity contribution in [1.29, 1.82) is 0 Å². The molecule has 0 aliphatic carbocycles. The fourth-order valence-electron chi connectivity index (χ4n) is 4.07. The van der Waals surface area contributed by atoms with E-state index in [0.717, 1.165) is 43.9 Å². The van der Waals surface area contributed by atoms with Crippen molar-refractivity contribution in [2.45, 2.75) is 33.2 Å². The van der Waals surface area contributed by atoms with Crippen molar-refractivity contribution in [3.05, 3.63) is 59.7 Å². The lowest BCUT2D eigenvalue weighted by atomic mass is 10.00. The number of hydrogen-bond donors (Lipinski definition) is 2. The van der Waals surface area contributed by atoms with Crippen LogP contribution in [0.1, 0.15) is 37.9 Å². The van der Waals surface area contributed by atoms with Gasteiger partial charge in [-0.1, -0.05) is 38.1 Å². The van der Waals surface area contributed by atoms with Crippen molar-refractivity contribution in [2.24, 2.45) is 5.92 Å². The maximum absolute atomic E-state index is 12.6. The number of piperazine rings is 1. The summed E-state index contributed by atoms with van der Waals surface area (Å²) in [6, 6.07) is 16.9. The molecule has 1 aliphatic heterocycles. The van der Waals surface area contributed by atoms with Crippen molar-refractivity contribution in [2.75, 3.05) is 44.7 Å². The van der Waals surface area contributed by atoms with Gasteiger partial charge in [-0.3, -0.25) is 4.79 Å². The lowest BCUT2D eigenvalue weighted by molar-refractivity contribution is -0.892. The average Bonchev–Trinajstić information content (AvgIpc) is 2.74. The quantitative estimate of drug-likeness (QED) is 0.703. The van der Waals surface area contributed by atoms with E-state index in [1.165, 1.54) is 16.2 Å². The van der Waals surface area contributed by atoms with Crippen molar-refractivity contribution in [3.63, 3.8) is 0 Å². The Bertz CT molecular complexity index is 794. The number of methoxy groups -OCH3 is 1. The van der Waals surface area contributed by atoms with Crippen LogP contribution in [0, 0.1) is 5.92 Å². The highest BCUT2D eigenvalue weighted by Gasteiger charge is 2.23. The van der Waals surface area contributed by atoms with Crippen molar-refractivity contribution < 1.29 is 14.4 Å². The van der Waals surface area contributed by atoms with Crippen LogP contribution in [0.4, 0.5) is 5.69 Å². The Labute approximate surface area is 181 Å². The predicted molar refractivity (Wildman–Crippen MR) is 122 cm³/mol. The smallest absolute Gasteiger partial charge is 0.275 e. The van der Waals surface area contributed by atoms with Crippen LogP contribution in [0.5, 0.6) is 5.75 Å². The van der Waals surface area contributed by atoms with Gasteiger partial charge in [0.2, 0.25) is 0 Å². The Balaban J connectivity index is 1.44. The monoisotopic (exact) mass is 410 g/mol. The molecule has 1 heterocycles. The van der Waals surface area contributed by atoms with E-state index in [9.17, 15) is 4.79 Å². The number of carbonyl (C=O) groups excluding carboxylic acids is 1. The minimum absolute atomic E-state index is 0.0330. The minimum Gasteiger partial charge on any atom is -0.497 e. The van der Waals surface area contributed by atoms with Gasteiger partial charge in [0.25, 0.3) is 5.91 Å². The van der Waals surface area contributed by atoms with Gasteiger partial charge < -0.3 is 19.9 Å². The van der Waals surface area contributed by atoms with Crippen LogP contribution < -0.4 is 19.9 Å². The molecule has 1 saturated heterocycles. The normalized spacial score (nSPS) is 15.8. The van der Waals surface area contributed by atoms with E-state index in [-0.39, 0.29) is 11.9 Å². The third-order valence-corrected chi connectivity index (χ3v) is 5.82. The first-order chi connectivity index (χ1) is 14.4. The number of hydrogen-bond acceptors (Lipinski definition) is 3. The van der Waals surface area contributed by atoms with Gasteiger partial charge in [-0.15, -0.1) is 0 Å². The van der Waals surface area contributed by atoms with Crippen molar-refractivity contribution >= 4 is 11.6 Å². The number of nitrogens with one attached hydrogen (secondary N) is 2. The second kappa shape index (κ2) is 10.5. The summed E-state index contributed by atoms with van der Waals surface area (Å²) in [5.41, 5.74) is 3.73. The second-order valence-corrected chi connectivity index (χ2v) is 8.74. The third kappa shape index (κ3) is 6.23. The lowest BCUT2D eigenvalue weighted by Crippen LogP contribution is -3.15. The molecule has 5 heteroatoms. The van der Waals surface area contributed by atoms with Crippen LogP contribution in [0.3, 0.4) is 0 Å². The molecule has 2 aromatic rings. The molecule has 0 radical (unpaired) electrons. The Morgan fingerprint density at radius 3 is 2.23 bits per heavy atom. The zero-order valence-electron chi connectivity index (χ0n) is 18.8. The highest BCUT2D eigenvalue weighted by Crippen LogP contribution is 2.19. The van der Waals surface area contributed by atoms with Gasteiger partial charge in [-0.05, 0) is 54.7 Å². The molecule has 1 atom stereocenters. The molecule has 162 valence electrons. The van der Waals surface area contributed by atoms with E-state index in [2.05, 4.69) is 67.4 Å². The van der Waals surface area contributed by atoms with Gasteiger partial charge in [0.15, 0.2) is 6.54 Å². The molecule has 1 aliphatic rings. The van der Waals surface area contributed by atoms with Gasteiger partial charge in [-0.2, -0.15) is 0 Å². The third-order valence-electron chi connectivity index (χ3n) is 5.82. The molecule has 1 amide bonds. The molecule has 0 spiro atoms. The maximum Gasteiger partial charge on any atom is 0.275 e. The van der Waals surface area contributed by atoms with Crippen LogP contribution in [0.25, 0.3) is 0 Å². The highest BCUT2D eigenvalue weighted by atomic mass is 16.5. The Hall–Kier alpha value is -2.53. The molecule has 1 fully saturated rings. The highest BCUT2D eigenvalue weighted by molar-refractivity contribution is 5.77. The molecular weight excluding hydrogens is 374 g/mol. The zero-order valence-corrected chi connectivity index (χ0v) is 18.8. The standard InChI is InChI=1S/C25H35N3O2/c1-19(2)17-21-5-7-22(8-6-21)20(3)26-25(29)18-27-13-15-28(16-14-27)23-9-11-24(30-4)12-10-23/h5-12,19-20H,13-18H2,1-4H3,(H,26,29)/p+1/t20-/m1/s1. The van der Waals surface area contributed by atoms with E-state index >= 15 is 0 Å². The van der Waals surface area contributed by atoms with Gasteiger partial charge in [0, 0.05) is 5.69 Å². The summed E-state index contributed by atoms with van der Waals surface area (Å²) in [5.74, 6) is 1.66. The summed E-state index contributed by atoms with van der Waals surface area (Å²) in [7, 11) is 1.69. The van der Waals surface area contributed by atoms with Gasteiger partial charge >= 0.3 is 0 Å². The molecule has 0 unspecified atom stereocenters. The minimum atomic E-state index is 0.0330. The summed E-state index contributed by atoms with van der Waals surface area (Å²) in [6.07, 6.45) is 1.09. The van der Waals surface area contributed by atoms with Gasteiger partial charge in [-0.25, -0.2) is 0 Å². The van der Waals surface area contributed by atoms with Gasteiger partial charge in [0.05, 0.1) is 39.3 Å². The summed E-state index contributed by atoms with van der Waals surface area (Å²) >= 11 is 0. The molecular formula is C25H36N3O2+. The van der Waals surface area contributed by atoms with E-state index in [1.807, 2.05) is 12.1 Å². The fourth-order valence-corrected chi connectivity index (χ4v) is 4.07. The number of benzene rings is 2. The molecule has 2 aromatic carbocycles.